The van der Waals surface area contributed by atoms with Crippen LogP contribution >= 0.6 is 0 Å². The van der Waals surface area contributed by atoms with Crippen LogP contribution in [0.3, 0.4) is 0 Å². The van der Waals surface area contributed by atoms with Gasteiger partial charge in [0.15, 0.2) is 0 Å². The second-order valence-corrected chi connectivity index (χ2v) is 5.69. The fourth-order valence-electron chi connectivity index (χ4n) is 4.75. The van der Waals surface area contributed by atoms with Gasteiger partial charge in [-0.05, 0) is 61.2 Å². The Balaban J connectivity index is 1.87. The third-order valence-electron chi connectivity index (χ3n) is 5.22. The van der Waals surface area contributed by atoms with Crippen LogP contribution in [0.25, 0.3) is 0 Å². The van der Waals surface area contributed by atoms with E-state index in [9.17, 15) is 10.2 Å². The highest BCUT2D eigenvalue weighted by Gasteiger charge is 2.52. The van der Waals surface area contributed by atoms with Crippen molar-refractivity contribution in [3.05, 3.63) is 0 Å². The molecule has 14 heavy (non-hydrogen) atoms. The van der Waals surface area contributed by atoms with Crippen molar-refractivity contribution >= 4 is 0 Å². The predicted octanol–water partition coefficient (Wildman–Crippen LogP) is 1.27. The van der Waals surface area contributed by atoms with Crippen LogP contribution in [0.5, 0.6) is 0 Å². The topological polar surface area (TPSA) is 40.5 Å². The number of hydrogen-bond acceptors (Lipinski definition) is 2. The van der Waals surface area contributed by atoms with E-state index >= 15 is 0 Å². The molecule has 0 heterocycles. The van der Waals surface area contributed by atoms with E-state index in [2.05, 4.69) is 0 Å². The van der Waals surface area contributed by atoms with Gasteiger partial charge in [0.2, 0.25) is 0 Å². The molecule has 2 N–H and O–H groups in total. The zero-order valence-corrected chi connectivity index (χ0v) is 8.60. The van der Waals surface area contributed by atoms with Crippen LogP contribution in [0.2, 0.25) is 0 Å². The molecule has 4 aliphatic rings. The molecule has 0 radical (unpaired) electrons. The van der Waals surface area contributed by atoms with Crippen LogP contribution < -0.4 is 0 Å². The van der Waals surface area contributed by atoms with Crippen molar-refractivity contribution in [1.82, 2.24) is 0 Å². The van der Waals surface area contributed by atoms with E-state index in [0.717, 1.165) is 17.8 Å². The average molecular weight is 196 g/mol. The molecule has 0 spiro atoms. The highest BCUT2D eigenvalue weighted by Crippen LogP contribution is 2.58. The van der Waals surface area contributed by atoms with Gasteiger partial charge < -0.3 is 10.2 Å². The molecule has 0 saturated heterocycles. The van der Waals surface area contributed by atoms with Crippen LogP contribution in [0.4, 0.5) is 0 Å². The summed E-state index contributed by atoms with van der Waals surface area (Å²) in [6.07, 6.45) is 5.28. The third kappa shape index (κ3) is 1.10. The van der Waals surface area contributed by atoms with Gasteiger partial charge in [-0.3, -0.25) is 0 Å². The molecule has 80 valence electrons. The number of hydrogen-bond donors (Lipinski definition) is 2. The minimum absolute atomic E-state index is 0.352. The van der Waals surface area contributed by atoms with Gasteiger partial charge in [-0.15, -0.1) is 0 Å². The zero-order valence-electron chi connectivity index (χ0n) is 8.60. The third-order valence-corrected chi connectivity index (χ3v) is 5.22. The van der Waals surface area contributed by atoms with E-state index in [1.165, 1.54) is 25.7 Å². The Morgan fingerprint density at radius 3 is 1.86 bits per heavy atom. The minimum atomic E-state index is 0.352. The Bertz CT molecular complexity index is 208. The molecular formula is C12H20O2. The molecule has 0 aliphatic heterocycles. The highest BCUT2D eigenvalue weighted by molar-refractivity contribution is 5.01. The maximum Gasteiger partial charge on any atom is 0.0464 e. The first-order chi connectivity index (χ1) is 6.83. The lowest BCUT2D eigenvalue weighted by Gasteiger charge is -2.57. The minimum Gasteiger partial charge on any atom is -0.396 e. The summed E-state index contributed by atoms with van der Waals surface area (Å²) in [7, 11) is 0. The van der Waals surface area contributed by atoms with Gasteiger partial charge in [0.1, 0.15) is 0 Å². The molecular weight excluding hydrogens is 176 g/mol. The van der Waals surface area contributed by atoms with Crippen molar-refractivity contribution in [2.45, 2.75) is 25.7 Å². The lowest BCUT2D eigenvalue weighted by Crippen LogP contribution is -2.52. The molecule has 0 amide bonds. The van der Waals surface area contributed by atoms with Crippen LogP contribution in [0.1, 0.15) is 25.7 Å². The number of rotatable bonds is 2. The lowest BCUT2D eigenvalue weighted by atomic mass is 9.48. The molecule has 4 fully saturated rings. The summed E-state index contributed by atoms with van der Waals surface area (Å²) in [6, 6.07) is 0. The Morgan fingerprint density at radius 2 is 1.36 bits per heavy atom. The summed E-state index contributed by atoms with van der Waals surface area (Å²) in [4.78, 5) is 0. The van der Waals surface area contributed by atoms with Gasteiger partial charge in [-0.1, -0.05) is 0 Å². The van der Waals surface area contributed by atoms with E-state index in [1.807, 2.05) is 0 Å². The average Bonchev–Trinajstić information content (AvgIpc) is 2.17. The largest absolute Gasteiger partial charge is 0.396 e. The fraction of sp³-hybridized carbons (Fsp3) is 1.00. The van der Waals surface area contributed by atoms with E-state index in [0.29, 0.717) is 31.0 Å². The summed E-state index contributed by atoms with van der Waals surface area (Å²) >= 11 is 0. The van der Waals surface area contributed by atoms with Crippen molar-refractivity contribution in [1.29, 1.82) is 0 Å². The molecule has 4 rings (SSSR count). The quantitative estimate of drug-likeness (QED) is 0.698. The lowest BCUT2D eigenvalue weighted by molar-refractivity contribution is -0.114. The van der Waals surface area contributed by atoms with Gasteiger partial charge >= 0.3 is 0 Å². The molecule has 4 aliphatic carbocycles. The standard InChI is InChI=1S/C12H20O2/c13-5-11-8-1-7-2-9(4-8)12(6-14)10(11)3-7/h7-14H,1-6H2. The van der Waals surface area contributed by atoms with Crippen LogP contribution in [-0.2, 0) is 0 Å². The molecule has 4 saturated carbocycles. The van der Waals surface area contributed by atoms with Crippen molar-refractivity contribution in [2.75, 3.05) is 13.2 Å². The highest BCUT2D eigenvalue weighted by atomic mass is 16.3. The summed E-state index contributed by atoms with van der Waals surface area (Å²) < 4.78 is 0. The van der Waals surface area contributed by atoms with Crippen molar-refractivity contribution in [3.8, 4) is 0 Å². The Kier molecular flexibility index (Phi) is 2.10. The Labute approximate surface area is 85.3 Å². The first kappa shape index (κ1) is 9.17. The molecule has 0 aromatic carbocycles. The normalized spacial score (nSPS) is 55.3. The maximum atomic E-state index is 9.43. The second-order valence-electron chi connectivity index (χ2n) is 5.69. The summed E-state index contributed by atoms with van der Waals surface area (Å²) in [5.41, 5.74) is 0. The van der Waals surface area contributed by atoms with Gasteiger partial charge in [-0.25, -0.2) is 0 Å². The smallest absolute Gasteiger partial charge is 0.0464 e. The molecule has 0 aromatic heterocycles. The van der Waals surface area contributed by atoms with E-state index in [1.54, 1.807) is 0 Å². The van der Waals surface area contributed by atoms with Crippen molar-refractivity contribution in [3.63, 3.8) is 0 Å². The van der Waals surface area contributed by atoms with Gasteiger partial charge in [-0.2, -0.15) is 0 Å². The van der Waals surface area contributed by atoms with Gasteiger partial charge in [0.05, 0.1) is 0 Å². The molecule has 2 nitrogen and oxygen atoms in total. The number of aliphatic hydroxyl groups excluding tert-OH is 2. The monoisotopic (exact) mass is 196 g/mol. The second kappa shape index (κ2) is 3.21. The molecule has 4 atom stereocenters. The Morgan fingerprint density at radius 1 is 0.786 bits per heavy atom. The SMILES string of the molecule is OCC1C2CC3CC(C2)C(CO)C1C3. The maximum absolute atomic E-state index is 9.43. The van der Waals surface area contributed by atoms with Gasteiger partial charge in [0.25, 0.3) is 0 Å². The van der Waals surface area contributed by atoms with E-state index < -0.39 is 0 Å². The first-order valence-electron chi connectivity index (χ1n) is 6.05. The van der Waals surface area contributed by atoms with Crippen LogP contribution in [0.15, 0.2) is 0 Å². The predicted molar refractivity (Wildman–Crippen MR) is 53.6 cm³/mol. The van der Waals surface area contributed by atoms with Crippen LogP contribution in [-0.4, -0.2) is 23.4 Å². The van der Waals surface area contributed by atoms with Crippen molar-refractivity contribution in [2.24, 2.45) is 35.5 Å². The van der Waals surface area contributed by atoms with E-state index in [-0.39, 0.29) is 0 Å². The zero-order chi connectivity index (χ0) is 9.71. The Hall–Kier alpha value is -0.0800. The molecule has 4 bridgehead atoms. The van der Waals surface area contributed by atoms with Crippen molar-refractivity contribution < 1.29 is 10.2 Å². The van der Waals surface area contributed by atoms with E-state index in [4.69, 9.17) is 0 Å². The summed E-state index contributed by atoms with van der Waals surface area (Å²) in [6.45, 7) is 0.705. The first-order valence-corrected chi connectivity index (χ1v) is 6.05. The fourth-order valence-corrected chi connectivity index (χ4v) is 4.75. The summed E-state index contributed by atoms with van der Waals surface area (Å²) in [5, 5.41) is 18.9. The molecule has 0 aromatic rings. The molecule has 2 heteroatoms. The van der Waals surface area contributed by atoms with Gasteiger partial charge in [0, 0.05) is 13.2 Å². The van der Waals surface area contributed by atoms with Crippen LogP contribution in [0, 0.1) is 35.5 Å². The molecule has 4 unspecified atom stereocenters. The number of aliphatic hydroxyl groups is 2. The summed E-state index contributed by atoms with van der Waals surface area (Å²) in [5.74, 6) is 4.16.